The second-order valence-corrected chi connectivity index (χ2v) is 6.72. The molecule has 1 amide bonds. The Kier molecular flexibility index (Phi) is 5.44. The van der Waals surface area contributed by atoms with Crippen LogP contribution in [0.4, 0.5) is 0 Å². The van der Waals surface area contributed by atoms with E-state index in [1.54, 1.807) is 11.3 Å². The summed E-state index contributed by atoms with van der Waals surface area (Å²) >= 11 is 1.69. The quantitative estimate of drug-likeness (QED) is 0.625. The highest BCUT2D eigenvalue weighted by molar-refractivity contribution is 7.09. The van der Waals surface area contributed by atoms with E-state index in [1.165, 1.54) is 4.88 Å². The fraction of sp³-hybridized carbons (Fsp3) is 0.190. The van der Waals surface area contributed by atoms with Crippen molar-refractivity contribution in [3.05, 3.63) is 94.2 Å². The highest BCUT2D eigenvalue weighted by Crippen LogP contribution is 2.27. The van der Waals surface area contributed by atoms with Gasteiger partial charge in [-0.05, 0) is 29.5 Å². The SMILES string of the molecule is CCN(Cc1cccs1)C(=O)C(c1ccccc1)c1ccccc1. The summed E-state index contributed by atoms with van der Waals surface area (Å²) in [5.74, 6) is -0.101. The van der Waals surface area contributed by atoms with Gasteiger partial charge in [-0.1, -0.05) is 66.7 Å². The van der Waals surface area contributed by atoms with E-state index in [9.17, 15) is 4.79 Å². The van der Waals surface area contributed by atoms with Gasteiger partial charge in [0.1, 0.15) is 0 Å². The zero-order valence-electron chi connectivity index (χ0n) is 13.8. The molecule has 0 aliphatic heterocycles. The zero-order chi connectivity index (χ0) is 16.8. The molecule has 24 heavy (non-hydrogen) atoms. The van der Waals surface area contributed by atoms with E-state index in [0.717, 1.165) is 11.1 Å². The molecule has 2 aromatic carbocycles. The molecule has 3 heteroatoms. The van der Waals surface area contributed by atoms with Crippen molar-refractivity contribution in [2.75, 3.05) is 6.54 Å². The van der Waals surface area contributed by atoms with Crippen LogP contribution >= 0.6 is 11.3 Å². The van der Waals surface area contributed by atoms with Crippen LogP contribution in [0.2, 0.25) is 0 Å². The third-order valence-electron chi connectivity index (χ3n) is 4.13. The van der Waals surface area contributed by atoms with Gasteiger partial charge in [0.2, 0.25) is 5.91 Å². The Morgan fingerprint density at radius 2 is 1.50 bits per heavy atom. The Hall–Kier alpha value is -2.39. The Morgan fingerprint density at radius 3 is 1.96 bits per heavy atom. The maximum absolute atomic E-state index is 13.3. The predicted octanol–water partition coefficient (Wildman–Crippen LogP) is 4.93. The van der Waals surface area contributed by atoms with E-state index in [2.05, 4.69) is 11.4 Å². The molecule has 3 rings (SSSR count). The minimum Gasteiger partial charge on any atom is -0.337 e. The fourth-order valence-electron chi connectivity index (χ4n) is 2.89. The lowest BCUT2D eigenvalue weighted by molar-refractivity contribution is -0.132. The molecule has 1 aromatic heterocycles. The molecule has 0 radical (unpaired) electrons. The van der Waals surface area contributed by atoms with Gasteiger partial charge in [-0.15, -0.1) is 11.3 Å². The summed E-state index contributed by atoms with van der Waals surface area (Å²) in [6.07, 6.45) is 0. The maximum atomic E-state index is 13.3. The predicted molar refractivity (Wildman–Crippen MR) is 100 cm³/mol. The normalized spacial score (nSPS) is 10.8. The lowest BCUT2D eigenvalue weighted by Crippen LogP contribution is -2.34. The van der Waals surface area contributed by atoms with Crippen LogP contribution in [0, 0.1) is 0 Å². The van der Waals surface area contributed by atoms with Crippen molar-refractivity contribution in [3.63, 3.8) is 0 Å². The monoisotopic (exact) mass is 335 g/mol. The number of hydrogen-bond donors (Lipinski definition) is 0. The Balaban J connectivity index is 1.93. The van der Waals surface area contributed by atoms with Crippen LogP contribution in [0.3, 0.4) is 0 Å². The lowest BCUT2D eigenvalue weighted by Gasteiger charge is -2.26. The number of amides is 1. The van der Waals surface area contributed by atoms with Gasteiger partial charge in [0.05, 0.1) is 12.5 Å². The highest BCUT2D eigenvalue weighted by Gasteiger charge is 2.26. The van der Waals surface area contributed by atoms with Gasteiger partial charge in [-0.3, -0.25) is 4.79 Å². The first-order chi connectivity index (χ1) is 11.8. The van der Waals surface area contributed by atoms with Crippen LogP contribution in [0.1, 0.15) is 28.8 Å². The average Bonchev–Trinajstić information content (AvgIpc) is 3.15. The van der Waals surface area contributed by atoms with E-state index in [4.69, 9.17) is 0 Å². The van der Waals surface area contributed by atoms with Gasteiger partial charge < -0.3 is 4.90 Å². The molecule has 3 aromatic rings. The summed E-state index contributed by atoms with van der Waals surface area (Å²) in [6, 6.07) is 24.2. The second kappa shape index (κ2) is 7.93. The summed E-state index contributed by atoms with van der Waals surface area (Å²) in [5.41, 5.74) is 2.08. The first kappa shape index (κ1) is 16.5. The molecule has 0 aliphatic carbocycles. The molecule has 122 valence electrons. The third-order valence-corrected chi connectivity index (χ3v) is 4.99. The number of thiophene rings is 1. The van der Waals surface area contributed by atoms with Gasteiger partial charge in [0.25, 0.3) is 0 Å². The number of hydrogen-bond acceptors (Lipinski definition) is 2. The lowest BCUT2D eigenvalue weighted by atomic mass is 9.90. The topological polar surface area (TPSA) is 20.3 Å². The van der Waals surface area contributed by atoms with E-state index < -0.39 is 0 Å². The van der Waals surface area contributed by atoms with Gasteiger partial charge in [-0.25, -0.2) is 0 Å². The van der Waals surface area contributed by atoms with Crippen LogP contribution in [-0.2, 0) is 11.3 Å². The largest absolute Gasteiger partial charge is 0.337 e. The standard InChI is InChI=1S/C21H21NOS/c1-2-22(16-19-14-9-15-24-19)21(23)20(17-10-5-3-6-11-17)18-12-7-4-8-13-18/h3-15,20H,2,16H2,1H3. The van der Waals surface area contributed by atoms with E-state index in [1.807, 2.05) is 78.6 Å². The van der Waals surface area contributed by atoms with Crippen LogP contribution in [0.15, 0.2) is 78.2 Å². The zero-order valence-corrected chi connectivity index (χ0v) is 14.6. The number of carbonyl (C=O) groups is 1. The first-order valence-corrected chi connectivity index (χ1v) is 9.08. The van der Waals surface area contributed by atoms with Crippen molar-refractivity contribution in [1.82, 2.24) is 4.90 Å². The van der Waals surface area contributed by atoms with Crippen molar-refractivity contribution in [2.45, 2.75) is 19.4 Å². The molecule has 0 unspecified atom stereocenters. The van der Waals surface area contributed by atoms with Crippen LogP contribution < -0.4 is 0 Å². The molecule has 0 N–H and O–H groups in total. The Labute approximate surface area is 147 Å². The van der Waals surface area contributed by atoms with E-state index >= 15 is 0 Å². The molecule has 0 fully saturated rings. The number of rotatable bonds is 6. The average molecular weight is 335 g/mol. The molecule has 0 atom stereocenters. The Morgan fingerprint density at radius 1 is 0.917 bits per heavy atom. The molecule has 1 heterocycles. The van der Waals surface area contributed by atoms with Crippen LogP contribution in [-0.4, -0.2) is 17.4 Å². The maximum Gasteiger partial charge on any atom is 0.234 e. The van der Waals surface area contributed by atoms with Crippen molar-refractivity contribution in [2.24, 2.45) is 0 Å². The third kappa shape index (κ3) is 3.74. The highest BCUT2D eigenvalue weighted by atomic mass is 32.1. The van der Waals surface area contributed by atoms with Crippen molar-refractivity contribution >= 4 is 17.2 Å². The number of nitrogens with zero attached hydrogens (tertiary/aromatic N) is 1. The van der Waals surface area contributed by atoms with Crippen molar-refractivity contribution in [3.8, 4) is 0 Å². The fourth-order valence-corrected chi connectivity index (χ4v) is 3.61. The second-order valence-electron chi connectivity index (χ2n) is 5.69. The minimum atomic E-state index is -0.257. The minimum absolute atomic E-state index is 0.156. The van der Waals surface area contributed by atoms with Gasteiger partial charge >= 0.3 is 0 Å². The Bertz CT molecular complexity index is 714. The molecule has 0 bridgehead atoms. The summed E-state index contributed by atoms with van der Waals surface area (Å²) in [5, 5.41) is 2.06. The molecular weight excluding hydrogens is 314 g/mol. The van der Waals surface area contributed by atoms with Gasteiger partial charge in [0.15, 0.2) is 0 Å². The summed E-state index contributed by atoms with van der Waals surface area (Å²) in [7, 11) is 0. The van der Waals surface area contributed by atoms with Crippen LogP contribution in [0.25, 0.3) is 0 Å². The number of likely N-dealkylation sites (N-methyl/N-ethyl adjacent to an activating group) is 1. The molecule has 0 spiro atoms. The summed E-state index contributed by atoms with van der Waals surface area (Å²) in [4.78, 5) is 16.5. The van der Waals surface area contributed by atoms with Crippen LogP contribution in [0.5, 0.6) is 0 Å². The number of carbonyl (C=O) groups excluding carboxylic acids is 1. The molecule has 0 aliphatic rings. The van der Waals surface area contributed by atoms with E-state index in [0.29, 0.717) is 13.1 Å². The van der Waals surface area contributed by atoms with Crippen molar-refractivity contribution < 1.29 is 4.79 Å². The van der Waals surface area contributed by atoms with Crippen molar-refractivity contribution in [1.29, 1.82) is 0 Å². The summed E-state index contributed by atoms with van der Waals surface area (Å²) < 4.78 is 0. The first-order valence-electron chi connectivity index (χ1n) is 8.20. The number of benzene rings is 2. The smallest absolute Gasteiger partial charge is 0.234 e. The molecular formula is C21H21NOS. The summed E-state index contributed by atoms with van der Waals surface area (Å²) in [6.45, 7) is 3.41. The molecule has 0 saturated heterocycles. The molecule has 2 nitrogen and oxygen atoms in total. The van der Waals surface area contributed by atoms with Gasteiger partial charge in [0, 0.05) is 11.4 Å². The molecule has 0 saturated carbocycles. The van der Waals surface area contributed by atoms with Gasteiger partial charge in [-0.2, -0.15) is 0 Å². The van der Waals surface area contributed by atoms with E-state index in [-0.39, 0.29) is 11.8 Å².